The summed E-state index contributed by atoms with van der Waals surface area (Å²) in [5, 5.41) is 0. The smallest absolute Gasteiger partial charge is 0.157 e. The van der Waals surface area contributed by atoms with Gasteiger partial charge in [-0.25, -0.2) is 9.37 Å². The Kier molecular flexibility index (Phi) is 1.96. The van der Waals surface area contributed by atoms with E-state index in [2.05, 4.69) is 4.98 Å². The van der Waals surface area contributed by atoms with Crippen molar-refractivity contribution in [3.63, 3.8) is 0 Å². The molecule has 2 aromatic heterocycles. The van der Waals surface area contributed by atoms with Gasteiger partial charge in [0.25, 0.3) is 0 Å². The maximum atomic E-state index is 13.2. The van der Waals surface area contributed by atoms with Gasteiger partial charge in [-0.1, -0.05) is 0 Å². The van der Waals surface area contributed by atoms with Crippen molar-refractivity contribution in [2.24, 2.45) is 0 Å². The third kappa shape index (κ3) is 1.30. The fourth-order valence-corrected chi connectivity index (χ4v) is 2.04. The first kappa shape index (κ1) is 9.39. The molecule has 0 N–H and O–H groups in total. The van der Waals surface area contributed by atoms with E-state index in [4.69, 9.17) is 4.42 Å². The Morgan fingerprint density at radius 3 is 3.25 bits per heavy atom. The lowest BCUT2D eigenvalue weighted by Gasteiger charge is -2.17. The molecule has 0 bridgehead atoms. The second-order valence-corrected chi connectivity index (χ2v) is 3.97. The van der Waals surface area contributed by atoms with Gasteiger partial charge in [0.1, 0.15) is 11.5 Å². The molecule has 4 heteroatoms. The first-order chi connectivity index (χ1) is 7.75. The molecule has 0 saturated carbocycles. The molecule has 1 aliphatic heterocycles. The van der Waals surface area contributed by atoms with Crippen molar-refractivity contribution in [2.45, 2.75) is 6.42 Å². The van der Waals surface area contributed by atoms with Crippen LogP contribution in [0.2, 0.25) is 0 Å². The van der Waals surface area contributed by atoms with E-state index in [0.717, 1.165) is 35.7 Å². The lowest BCUT2D eigenvalue weighted by molar-refractivity contribution is 0.577. The average Bonchev–Trinajstić information content (AvgIpc) is 2.69. The molecule has 3 heterocycles. The number of nitrogens with zero attached hydrogens (tertiary/aromatic N) is 2. The van der Waals surface area contributed by atoms with E-state index in [-0.39, 0.29) is 5.82 Å². The highest BCUT2D eigenvalue weighted by Crippen LogP contribution is 2.34. The third-order valence-corrected chi connectivity index (χ3v) is 2.92. The van der Waals surface area contributed by atoms with E-state index in [0.29, 0.717) is 0 Å². The van der Waals surface area contributed by atoms with Gasteiger partial charge in [0.15, 0.2) is 5.76 Å². The molecule has 82 valence electrons. The van der Waals surface area contributed by atoms with Gasteiger partial charge in [-0.15, -0.1) is 0 Å². The number of halogens is 1. The van der Waals surface area contributed by atoms with E-state index in [1.165, 1.54) is 12.3 Å². The highest BCUT2D eigenvalue weighted by molar-refractivity contribution is 5.74. The van der Waals surface area contributed by atoms with E-state index < -0.39 is 0 Å². The maximum absolute atomic E-state index is 13.2. The summed E-state index contributed by atoms with van der Waals surface area (Å²) in [5.41, 5.74) is 2.64. The molecule has 0 atom stereocenters. The van der Waals surface area contributed by atoms with Crippen LogP contribution in [0.15, 0.2) is 29.0 Å². The van der Waals surface area contributed by atoms with Gasteiger partial charge in [-0.3, -0.25) is 0 Å². The molecule has 0 aliphatic carbocycles. The second kappa shape index (κ2) is 3.33. The van der Waals surface area contributed by atoms with Crippen molar-refractivity contribution in [3.05, 3.63) is 36.0 Å². The standard InChI is InChI=1S/C12H11FN2O/c1-15-4-2-8-3-5-16-12(8)11-10(15)6-9(13)7-14-11/h3,5-7H,2,4H2,1H3. The molecule has 16 heavy (non-hydrogen) atoms. The largest absolute Gasteiger partial charge is 0.462 e. The van der Waals surface area contributed by atoms with Crippen LogP contribution in [0.4, 0.5) is 10.1 Å². The highest BCUT2D eigenvalue weighted by Gasteiger charge is 2.21. The number of hydrogen-bond acceptors (Lipinski definition) is 3. The fourth-order valence-electron chi connectivity index (χ4n) is 2.04. The fraction of sp³-hybridized carbons (Fsp3) is 0.250. The van der Waals surface area contributed by atoms with Gasteiger partial charge < -0.3 is 9.32 Å². The molecule has 3 rings (SSSR count). The molecule has 0 unspecified atom stereocenters. The molecule has 2 aromatic rings. The quantitative estimate of drug-likeness (QED) is 0.680. The summed E-state index contributed by atoms with van der Waals surface area (Å²) in [5.74, 6) is 0.444. The molecule has 1 aliphatic rings. The van der Waals surface area contributed by atoms with Crippen LogP contribution in [0.25, 0.3) is 11.5 Å². The minimum absolute atomic E-state index is 0.319. The van der Waals surface area contributed by atoms with Crippen LogP contribution >= 0.6 is 0 Å². The number of rotatable bonds is 0. The van der Waals surface area contributed by atoms with Gasteiger partial charge in [0.2, 0.25) is 0 Å². The van der Waals surface area contributed by atoms with Gasteiger partial charge in [0, 0.05) is 25.2 Å². The van der Waals surface area contributed by atoms with Crippen molar-refractivity contribution in [2.75, 3.05) is 18.5 Å². The number of fused-ring (bicyclic) bond motifs is 3. The lowest BCUT2D eigenvalue weighted by Crippen LogP contribution is -2.19. The molecular formula is C12H11FN2O. The summed E-state index contributed by atoms with van der Waals surface area (Å²) in [4.78, 5) is 6.13. The zero-order valence-electron chi connectivity index (χ0n) is 8.90. The zero-order chi connectivity index (χ0) is 11.1. The Labute approximate surface area is 92.5 Å². The first-order valence-electron chi connectivity index (χ1n) is 5.19. The van der Waals surface area contributed by atoms with Crippen LogP contribution in [0, 0.1) is 5.82 Å². The predicted octanol–water partition coefficient (Wildman–Crippen LogP) is 2.47. The normalized spacial score (nSPS) is 14.2. The summed E-state index contributed by atoms with van der Waals surface area (Å²) >= 11 is 0. The van der Waals surface area contributed by atoms with Crippen LogP contribution in [-0.2, 0) is 6.42 Å². The van der Waals surface area contributed by atoms with E-state index in [9.17, 15) is 4.39 Å². The molecule has 0 fully saturated rings. The van der Waals surface area contributed by atoms with Crippen LogP contribution in [0.5, 0.6) is 0 Å². The SMILES string of the molecule is CN1CCc2ccoc2-c2ncc(F)cc21. The zero-order valence-corrected chi connectivity index (χ0v) is 8.90. The lowest BCUT2D eigenvalue weighted by atomic mass is 10.1. The molecule has 0 radical (unpaired) electrons. The number of anilines is 1. The van der Waals surface area contributed by atoms with Crippen LogP contribution < -0.4 is 4.90 Å². The Hall–Kier alpha value is -1.84. The van der Waals surface area contributed by atoms with Gasteiger partial charge >= 0.3 is 0 Å². The van der Waals surface area contributed by atoms with Gasteiger partial charge in [-0.05, 0) is 12.5 Å². The van der Waals surface area contributed by atoms with Crippen LogP contribution in [-0.4, -0.2) is 18.6 Å². The monoisotopic (exact) mass is 218 g/mol. The summed E-state index contributed by atoms with van der Waals surface area (Å²) in [6.07, 6.45) is 3.77. The summed E-state index contributed by atoms with van der Waals surface area (Å²) in [7, 11) is 1.94. The Balaban J connectivity index is 2.27. The minimum atomic E-state index is -0.319. The number of hydrogen-bond donors (Lipinski definition) is 0. The third-order valence-electron chi connectivity index (χ3n) is 2.92. The second-order valence-electron chi connectivity index (χ2n) is 3.97. The van der Waals surface area contributed by atoms with E-state index in [1.54, 1.807) is 6.26 Å². The number of furan rings is 1. The summed E-state index contributed by atoms with van der Waals surface area (Å²) < 4.78 is 18.6. The van der Waals surface area contributed by atoms with Crippen LogP contribution in [0.3, 0.4) is 0 Å². The van der Waals surface area contributed by atoms with Crippen molar-refractivity contribution in [3.8, 4) is 11.5 Å². The molecule has 0 aromatic carbocycles. The molecule has 0 spiro atoms. The molecule has 3 nitrogen and oxygen atoms in total. The van der Waals surface area contributed by atoms with E-state index >= 15 is 0 Å². The predicted molar refractivity (Wildman–Crippen MR) is 58.9 cm³/mol. The van der Waals surface area contributed by atoms with Gasteiger partial charge in [0.05, 0.1) is 18.1 Å². The topological polar surface area (TPSA) is 29.3 Å². The Morgan fingerprint density at radius 2 is 2.38 bits per heavy atom. The summed E-state index contributed by atoms with van der Waals surface area (Å²) in [6, 6.07) is 3.45. The molecular weight excluding hydrogens is 207 g/mol. The van der Waals surface area contributed by atoms with Gasteiger partial charge in [-0.2, -0.15) is 0 Å². The Bertz CT molecular complexity index is 536. The number of aromatic nitrogens is 1. The Morgan fingerprint density at radius 1 is 1.50 bits per heavy atom. The first-order valence-corrected chi connectivity index (χ1v) is 5.19. The number of likely N-dealkylation sites (N-methyl/N-ethyl adjacent to an activating group) is 1. The number of pyridine rings is 1. The average molecular weight is 218 g/mol. The van der Waals surface area contributed by atoms with Crippen molar-refractivity contribution in [1.29, 1.82) is 0 Å². The highest BCUT2D eigenvalue weighted by atomic mass is 19.1. The van der Waals surface area contributed by atoms with Crippen molar-refractivity contribution < 1.29 is 8.81 Å². The van der Waals surface area contributed by atoms with Crippen molar-refractivity contribution >= 4 is 5.69 Å². The van der Waals surface area contributed by atoms with Crippen LogP contribution in [0.1, 0.15) is 5.56 Å². The summed E-state index contributed by atoms with van der Waals surface area (Å²) in [6.45, 7) is 0.838. The molecule has 0 amide bonds. The minimum Gasteiger partial charge on any atom is -0.462 e. The van der Waals surface area contributed by atoms with Crippen molar-refractivity contribution in [1.82, 2.24) is 4.98 Å². The van der Waals surface area contributed by atoms with E-state index in [1.807, 2.05) is 18.0 Å². The maximum Gasteiger partial charge on any atom is 0.157 e. The molecule has 0 saturated heterocycles.